The zero-order valence-electron chi connectivity index (χ0n) is 10.1. The van der Waals surface area contributed by atoms with Gasteiger partial charge >= 0.3 is 5.97 Å². The molecule has 4 heteroatoms. The number of nitrogens with zero attached hydrogens (tertiary/aromatic N) is 1. The first-order valence-corrected chi connectivity index (χ1v) is 5.78. The van der Waals surface area contributed by atoms with Crippen LogP contribution < -0.4 is 0 Å². The summed E-state index contributed by atoms with van der Waals surface area (Å²) in [6.07, 6.45) is 4.00. The number of aliphatic carboxylic acids is 1. The Hall–Kier alpha value is -2.10. The maximum atomic E-state index is 13.0. The molecule has 0 saturated carbocycles. The predicted octanol–water partition coefficient (Wildman–Crippen LogP) is 3.20. The number of hydrogen-bond acceptors (Lipinski definition) is 1. The van der Waals surface area contributed by atoms with Gasteiger partial charge in [-0.15, -0.1) is 0 Å². The number of hydrogen-bond donors (Lipinski definition) is 1. The second kappa shape index (κ2) is 5.04. The van der Waals surface area contributed by atoms with E-state index < -0.39 is 5.97 Å². The minimum absolute atomic E-state index is 0.268. The maximum Gasteiger partial charge on any atom is 0.331 e. The van der Waals surface area contributed by atoms with Crippen molar-refractivity contribution in [1.82, 2.24) is 4.57 Å². The van der Waals surface area contributed by atoms with Crippen molar-refractivity contribution in [2.45, 2.75) is 19.9 Å². The number of carbonyl (C=O) groups is 1. The van der Waals surface area contributed by atoms with Crippen LogP contribution in [0.15, 0.2) is 42.1 Å². The number of rotatable bonds is 4. The maximum absolute atomic E-state index is 13.0. The Kier molecular flexibility index (Phi) is 3.46. The molecule has 3 nitrogen and oxygen atoms in total. The monoisotopic (exact) mass is 247 g/mol. The van der Waals surface area contributed by atoms with Crippen LogP contribution in [0.2, 0.25) is 0 Å². The van der Waals surface area contributed by atoms with Crippen LogP contribution in [0.4, 0.5) is 4.39 Å². The number of allylic oxidation sites excluding steroid dienone is 1. The molecule has 0 radical (unpaired) electrons. The van der Waals surface area contributed by atoms with Gasteiger partial charge in [-0.2, -0.15) is 0 Å². The van der Waals surface area contributed by atoms with Crippen molar-refractivity contribution in [1.29, 1.82) is 0 Å². The second-order valence-electron chi connectivity index (χ2n) is 4.06. The molecule has 0 fully saturated rings. The number of benzene rings is 1. The zero-order valence-corrected chi connectivity index (χ0v) is 10.1. The molecule has 1 aromatic heterocycles. The van der Waals surface area contributed by atoms with Gasteiger partial charge < -0.3 is 9.67 Å². The van der Waals surface area contributed by atoms with Gasteiger partial charge in [0.05, 0.1) is 0 Å². The summed E-state index contributed by atoms with van der Waals surface area (Å²) in [6.45, 7) is 2.29. The van der Waals surface area contributed by atoms with Crippen LogP contribution >= 0.6 is 0 Å². The van der Waals surface area contributed by atoms with Gasteiger partial charge in [0.15, 0.2) is 0 Å². The number of carboxylic acid groups (broad SMARTS) is 1. The highest BCUT2D eigenvalue weighted by atomic mass is 19.1. The molecule has 0 unspecified atom stereocenters. The quantitative estimate of drug-likeness (QED) is 0.843. The Labute approximate surface area is 104 Å². The van der Waals surface area contributed by atoms with E-state index in [1.54, 1.807) is 12.1 Å². The molecule has 0 amide bonds. The number of carboxylic acids is 1. The molecule has 2 rings (SSSR count). The molecule has 0 aliphatic heterocycles. The van der Waals surface area contributed by atoms with Crippen LogP contribution in [-0.2, 0) is 11.3 Å². The Balaban J connectivity index is 2.30. The molecular weight excluding hydrogens is 233 g/mol. The van der Waals surface area contributed by atoms with Crippen molar-refractivity contribution >= 4 is 16.9 Å². The zero-order chi connectivity index (χ0) is 13.1. The third-order valence-corrected chi connectivity index (χ3v) is 2.92. The van der Waals surface area contributed by atoms with Gasteiger partial charge in [-0.05, 0) is 30.7 Å². The van der Waals surface area contributed by atoms with Gasteiger partial charge in [0.1, 0.15) is 5.82 Å². The first-order chi connectivity index (χ1) is 8.61. The van der Waals surface area contributed by atoms with Crippen LogP contribution in [0, 0.1) is 5.82 Å². The van der Waals surface area contributed by atoms with Crippen LogP contribution in [0.3, 0.4) is 0 Å². The van der Waals surface area contributed by atoms with E-state index in [0.717, 1.165) is 10.9 Å². The lowest BCUT2D eigenvalue weighted by molar-refractivity contribution is -0.132. The van der Waals surface area contributed by atoms with Crippen molar-refractivity contribution in [3.63, 3.8) is 0 Å². The largest absolute Gasteiger partial charge is 0.478 e. The van der Waals surface area contributed by atoms with Gasteiger partial charge in [-0.1, -0.05) is 13.0 Å². The average molecular weight is 247 g/mol. The summed E-state index contributed by atoms with van der Waals surface area (Å²) in [5, 5.41) is 9.74. The summed E-state index contributed by atoms with van der Waals surface area (Å²) in [5.41, 5.74) is 1.28. The van der Waals surface area contributed by atoms with E-state index in [-0.39, 0.29) is 5.82 Å². The van der Waals surface area contributed by atoms with Crippen LogP contribution in [-0.4, -0.2) is 15.6 Å². The minimum Gasteiger partial charge on any atom is -0.478 e. The molecule has 0 bridgehead atoms. The summed E-state index contributed by atoms with van der Waals surface area (Å²) in [4.78, 5) is 10.9. The van der Waals surface area contributed by atoms with Gasteiger partial charge in [0.2, 0.25) is 0 Å². The summed E-state index contributed by atoms with van der Waals surface area (Å²) in [5.74, 6) is -1.16. The van der Waals surface area contributed by atoms with Crippen LogP contribution in [0.1, 0.15) is 13.3 Å². The van der Waals surface area contributed by atoms with Gasteiger partial charge in [-0.3, -0.25) is 0 Å². The van der Waals surface area contributed by atoms with E-state index in [4.69, 9.17) is 5.11 Å². The Morgan fingerprint density at radius 3 is 2.89 bits per heavy atom. The minimum atomic E-state index is -0.889. The van der Waals surface area contributed by atoms with E-state index in [1.807, 2.05) is 23.8 Å². The highest BCUT2D eigenvalue weighted by molar-refractivity contribution is 5.86. The third kappa shape index (κ3) is 2.42. The van der Waals surface area contributed by atoms with Crippen molar-refractivity contribution in [3.05, 3.63) is 47.9 Å². The standard InChI is InChI=1S/C14H14FNO2/c1-2-10(14(17)18)5-7-16-8-6-11-9-12(15)3-4-13(11)16/h3-6,8-9H,2,7H2,1H3,(H,17,18). The lowest BCUT2D eigenvalue weighted by atomic mass is 10.2. The Bertz CT molecular complexity index is 613. The molecule has 1 N–H and O–H groups in total. The highest BCUT2D eigenvalue weighted by Crippen LogP contribution is 2.17. The van der Waals surface area contributed by atoms with Crippen molar-refractivity contribution in [3.8, 4) is 0 Å². The summed E-state index contributed by atoms with van der Waals surface area (Å²) in [7, 11) is 0. The molecule has 0 atom stereocenters. The fourth-order valence-corrected chi connectivity index (χ4v) is 1.92. The Morgan fingerprint density at radius 2 is 2.22 bits per heavy atom. The normalized spacial score (nSPS) is 12.0. The van der Waals surface area contributed by atoms with Crippen molar-refractivity contribution in [2.75, 3.05) is 0 Å². The van der Waals surface area contributed by atoms with Gasteiger partial charge in [-0.25, -0.2) is 9.18 Å². The van der Waals surface area contributed by atoms with Crippen molar-refractivity contribution in [2.24, 2.45) is 0 Å². The number of aromatic nitrogens is 1. The van der Waals surface area contributed by atoms with E-state index in [9.17, 15) is 9.18 Å². The topological polar surface area (TPSA) is 42.2 Å². The molecule has 18 heavy (non-hydrogen) atoms. The molecule has 0 saturated heterocycles. The van der Waals surface area contributed by atoms with Crippen LogP contribution in [0.5, 0.6) is 0 Å². The Morgan fingerprint density at radius 1 is 1.44 bits per heavy atom. The van der Waals surface area contributed by atoms with Gasteiger partial charge in [0, 0.05) is 29.2 Å². The fraction of sp³-hybridized carbons (Fsp3) is 0.214. The first-order valence-electron chi connectivity index (χ1n) is 5.78. The van der Waals surface area contributed by atoms with E-state index in [2.05, 4.69) is 0 Å². The predicted molar refractivity (Wildman–Crippen MR) is 67.9 cm³/mol. The summed E-state index contributed by atoms with van der Waals surface area (Å²) in [6, 6.07) is 6.39. The average Bonchev–Trinajstić information content (AvgIpc) is 2.72. The molecule has 1 heterocycles. The second-order valence-corrected chi connectivity index (χ2v) is 4.06. The summed E-state index contributed by atoms with van der Waals surface area (Å²) >= 11 is 0. The third-order valence-electron chi connectivity index (χ3n) is 2.92. The molecule has 1 aromatic carbocycles. The van der Waals surface area contributed by atoms with Crippen LogP contribution in [0.25, 0.3) is 10.9 Å². The lowest BCUT2D eigenvalue weighted by Crippen LogP contribution is -2.02. The van der Waals surface area contributed by atoms with E-state index in [0.29, 0.717) is 18.5 Å². The molecule has 0 aliphatic rings. The smallest absolute Gasteiger partial charge is 0.331 e. The van der Waals surface area contributed by atoms with Gasteiger partial charge in [0.25, 0.3) is 0 Å². The molecule has 2 aromatic rings. The summed E-state index contributed by atoms with van der Waals surface area (Å²) < 4.78 is 14.9. The SMILES string of the molecule is CCC(=CCn1ccc2cc(F)ccc21)C(=O)O. The fourth-order valence-electron chi connectivity index (χ4n) is 1.92. The van der Waals surface area contributed by atoms with Crippen molar-refractivity contribution < 1.29 is 14.3 Å². The molecular formula is C14H14FNO2. The lowest BCUT2D eigenvalue weighted by Gasteiger charge is -2.03. The highest BCUT2D eigenvalue weighted by Gasteiger charge is 2.05. The van der Waals surface area contributed by atoms with E-state index in [1.165, 1.54) is 12.1 Å². The molecule has 0 spiro atoms. The van der Waals surface area contributed by atoms with E-state index >= 15 is 0 Å². The number of halogens is 1. The molecule has 0 aliphatic carbocycles. The first kappa shape index (κ1) is 12.4. The number of fused-ring (bicyclic) bond motifs is 1. The molecule has 94 valence electrons.